The van der Waals surface area contributed by atoms with Gasteiger partial charge < -0.3 is 4.90 Å². The minimum absolute atomic E-state index is 0.183. The van der Waals surface area contributed by atoms with Crippen molar-refractivity contribution in [3.8, 4) is 0 Å². The average Bonchev–Trinajstić information content (AvgIpc) is 2.73. The zero-order valence-electron chi connectivity index (χ0n) is 11.5. The van der Waals surface area contributed by atoms with Crippen molar-refractivity contribution in [3.05, 3.63) is 35.9 Å². The highest BCUT2D eigenvalue weighted by atomic mass is 16.1. The molecule has 2 rings (SSSR count). The number of ketones is 1. The molecule has 0 aromatic heterocycles. The predicted molar refractivity (Wildman–Crippen MR) is 74.8 cm³/mol. The summed E-state index contributed by atoms with van der Waals surface area (Å²) in [6, 6.07) is 10.4. The van der Waals surface area contributed by atoms with Gasteiger partial charge in [0, 0.05) is 6.42 Å². The van der Waals surface area contributed by atoms with Gasteiger partial charge in [-0.25, -0.2) is 0 Å². The van der Waals surface area contributed by atoms with Crippen molar-refractivity contribution in [2.24, 2.45) is 0 Å². The van der Waals surface area contributed by atoms with E-state index < -0.39 is 0 Å². The van der Waals surface area contributed by atoms with Crippen molar-refractivity contribution in [1.82, 2.24) is 4.90 Å². The number of carbonyl (C=O) groups excluding carboxylic acids is 1. The molecule has 0 spiro atoms. The van der Waals surface area contributed by atoms with Crippen LogP contribution in [0.1, 0.15) is 37.7 Å². The van der Waals surface area contributed by atoms with E-state index in [0.29, 0.717) is 5.78 Å². The molecule has 1 fully saturated rings. The van der Waals surface area contributed by atoms with E-state index in [1.807, 2.05) is 6.07 Å². The van der Waals surface area contributed by atoms with Crippen LogP contribution in [0.15, 0.2) is 30.3 Å². The maximum absolute atomic E-state index is 12.4. The minimum Gasteiger partial charge on any atom is -0.309 e. The molecule has 1 aromatic carbocycles. The highest BCUT2D eigenvalue weighted by molar-refractivity contribution is 5.92. The molecule has 0 unspecified atom stereocenters. The summed E-state index contributed by atoms with van der Waals surface area (Å²) < 4.78 is 0. The molecular weight excluding hydrogens is 222 g/mol. The second-order valence-corrected chi connectivity index (χ2v) is 5.63. The van der Waals surface area contributed by atoms with Crippen LogP contribution < -0.4 is 0 Å². The predicted octanol–water partition coefficient (Wildman–Crippen LogP) is 3.02. The van der Waals surface area contributed by atoms with Gasteiger partial charge in [0.15, 0.2) is 0 Å². The summed E-state index contributed by atoms with van der Waals surface area (Å²) >= 11 is 0. The smallest absolute Gasteiger partial charge is 0.143 e. The zero-order valence-corrected chi connectivity index (χ0v) is 11.5. The molecule has 1 atom stereocenters. The summed E-state index contributed by atoms with van der Waals surface area (Å²) in [5, 5.41) is 0. The molecular formula is C16H23NO. The maximum Gasteiger partial charge on any atom is 0.143 e. The molecule has 0 radical (unpaired) electrons. The Labute approximate surface area is 110 Å². The first-order valence-corrected chi connectivity index (χ1v) is 6.89. The van der Waals surface area contributed by atoms with Crippen LogP contribution in [-0.2, 0) is 10.2 Å². The van der Waals surface area contributed by atoms with Gasteiger partial charge in [0.25, 0.3) is 0 Å². The van der Waals surface area contributed by atoms with Crippen LogP contribution in [0.2, 0.25) is 0 Å². The molecule has 0 N–H and O–H groups in total. The van der Waals surface area contributed by atoms with Gasteiger partial charge in [0.2, 0.25) is 0 Å². The number of nitrogens with zero attached hydrogens (tertiary/aromatic N) is 1. The summed E-state index contributed by atoms with van der Waals surface area (Å²) in [5.41, 5.74) is 1.04. The first-order chi connectivity index (χ1) is 8.65. The van der Waals surface area contributed by atoms with Gasteiger partial charge in [-0.1, -0.05) is 30.3 Å². The number of hydrogen-bond donors (Lipinski definition) is 0. The fraction of sp³-hybridized carbons (Fsp3) is 0.562. The lowest BCUT2D eigenvalue weighted by Gasteiger charge is -2.28. The van der Waals surface area contributed by atoms with Gasteiger partial charge in [0.1, 0.15) is 5.78 Å². The minimum atomic E-state index is -0.183. The number of benzene rings is 1. The number of carbonyl (C=O) groups is 1. The lowest BCUT2D eigenvalue weighted by molar-refractivity contribution is -0.122. The molecule has 2 nitrogen and oxygen atoms in total. The monoisotopic (exact) mass is 245 g/mol. The van der Waals surface area contributed by atoms with Gasteiger partial charge in [-0.2, -0.15) is 0 Å². The summed E-state index contributed by atoms with van der Waals surface area (Å²) in [6.07, 6.45) is 4.93. The molecule has 2 heteroatoms. The van der Waals surface area contributed by atoms with E-state index in [1.54, 1.807) is 0 Å². The topological polar surface area (TPSA) is 20.3 Å². The molecule has 1 saturated carbocycles. The second kappa shape index (κ2) is 5.66. The first kappa shape index (κ1) is 13.3. The van der Waals surface area contributed by atoms with Crippen molar-refractivity contribution < 1.29 is 4.79 Å². The van der Waals surface area contributed by atoms with Gasteiger partial charge in [-0.05, 0) is 51.9 Å². The maximum atomic E-state index is 12.4. The van der Waals surface area contributed by atoms with Gasteiger partial charge in [0.05, 0.1) is 5.41 Å². The summed E-state index contributed by atoms with van der Waals surface area (Å²) in [7, 11) is 4.18. The number of rotatable bonds is 5. The third-order valence-electron chi connectivity index (χ3n) is 4.08. The molecule has 1 aliphatic rings. The molecule has 0 heterocycles. The standard InChI is InChI=1S/C16H23NO/c1-17(2)13-7-12-16(11-6-10-15(16)18)14-8-4-3-5-9-14/h3-5,8-9H,6-7,10-13H2,1-2H3/t16-/m0/s1. The summed E-state index contributed by atoms with van der Waals surface area (Å²) in [6.45, 7) is 1.06. The third-order valence-corrected chi connectivity index (χ3v) is 4.08. The molecule has 1 aromatic rings. The Morgan fingerprint density at radius 3 is 2.50 bits per heavy atom. The Morgan fingerprint density at radius 1 is 1.22 bits per heavy atom. The Morgan fingerprint density at radius 2 is 1.94 bits per heavy atom. The lowest BCUT2D eigenvalue weighted by Crippen LogP contribution is -2.32. The van der Waals surface area contributed by atoms with Crippen molar-refractivity contribution in [3.63, 3.8) is 0 Å². The van der Waals surface area contributed by atoms with E-state index >= 15 is 0 Å². The van der Waals surface area contributed by atoms with E-state index in [-0.39, 0.29) is 5.41 Å². The molecule has 0 bridgehead atoms. The largest absolute Gasteiger partial charge is 0.309 e. The fourth-order valence-corrected chi connectivity index (χ4v) is 3.10. The van der Waals surface area contributed by atoms with Crippen LogP contribution in [0, 0.1) is 0 Å². The van der Waals surface area contributed by atoms with Gasteiger partial charge >= 0.3 is 0 Å². The van der Waals surface area contributed by atoms with E-state index in [4.69, 9.17) is 0 Å². The fourth-order valence-electron chi connectivity index (χ4n) is 3.10. The number of Topliss-reactive ketones (excluding diaryl/α,β-unsaturated/α-hetero) is 1. The van der Waals surface area contributed by atoms with Crippen LogP contribution in [0.5, 0.6) is 0 Å². The Kier molecular flexibility index (Phi) is 4.18. The van der Waals surface area contributed by atoms with Crippen molar-refractivity contribution in [2.75, 3.05) is 20.6 Å². The van der Waals surface area contributed by atoms with Crippen LogP contribution >= 0.6 is 0 Å². The molecule has 0 aliphatic heterocycles. The molecule has 0 saturated heterocycles. The van der Waals surface area contributed by atoms with E-state index in [1.165, 1.54) is 5.56 Å². The summed E-state index contributed by atoms with van der Waals surface area (Å²) in [5.74, 6) is 0.451. The van der Waals surface area contributed by atoms with Gasteiger partial charge in [-0.3, -0.25) is 4.79 Å². The van der Waals surface area contributed by atoms with E-state index in [2.05, 4.69) is 43.3 Å². The van der Waals surface area contributed by atoms with E-state index in [0.717, 1.165) is 38.6 Å². The quantitative estimate of drug-likeness (QED) is 0.794. The third kappa shape index (κ3) is 2.64. The van der Waals surface area contributed by atoms with E-state index in [9.17, 15) is 4.79 Å². The van der Waals surface area contributed by atoms with Crippen molar-refractivity contribution >= 4 is 5.78 Å². The highest BCUT2D eigenvalue weighted by Crippen LogP contribution is 2.41. The molecule has 18 heavy (non-hydrogen) atoms. The van der Waals surface area contributed by atoms with Gasteiger partial charge in [-0.15, -0.1) is 0 Å². The highest BCUT2D eigenvalue weighted by Gasteiger charge is 2.42. The average molecular weight is 245 g/mol. The molecule has 98 valence electrons. The molecule has 0 amide bonds. The van der Waals surface area contributed by atoms with Crippen molar-refractivity contribution in [2.45, 2.75) is 37.5 Å². The van der Waals surface area contributed by atoms with Crippen LogP contribution in [0.4, 0.5) is 0 Å². The van der Waals surface area contributed by atoms with Crippen LogP contribution in [-0.4, -0.2) is 31.3 Å². The Balaban J connectivity index is 2.17. The van der Waals surface area contributed by atoms with Crippen LogP contribution in [0.25, 0.3) is 0 Å². The van der Waals surface area contributed by atoms with Crippen molar-refractivity contribution in [1.29, 1.82) is 0 Å². The summed E-state index contributed by atoms with van der Waals surface area (Å²) in [4.78, 5) is 14.6. The second-order valence-electron chi connectivity index (χ2n) is 5.63. The first-order valence-electron chi connectivity index (χ1n) is 6.89. The molecule has 1 aliphatic carbocycles. The SMILES string of the molecule is CN(C)CCC[C@]1(c2ccccc2)CCCC1=O. The van der Waals surface area contributed by atoms with Crippen LogP contribution in [0.3, 0.4) is 0 Å². The Hall–Kier alpha value is -1.15. The number of hydrogen-bond acceptors (Lipinski definition) is 2. The zero-order chi connectivity index (χ0) is 13.0. The normalized spacial score (nSPS) is 23.8. The Bertz CT molecular complexity index is 399. The lowest BCUT2D eigenvalue weighted by atomic mass is 9.74.